The molecule has 0 unspecified atom stereocenters. The Hall–Kier alpha value is -1.70. The molecule has 0 aliphatic carbocycles. The Labute approximate surface area is 149 Å². The standard InChI is InChI=1S/C18H22O5S2/c1-2-15(14-19)13-18(24(20,21)16-9-5-3-6-10-16)25(22,23)17-11-7-4-8-12-17/h3-12,15,18-19H,2,13-14H2,1H3/t15-/m0/s1. The van der Waals surface area contributed by atoms with Gasteiger partial charge in [-0.3, -0.25) is 0 Å². The van der Waals surface area contributed by atoms with Crippen molar-refractivity contribution in [3.63, 3.8) is 0 Å². The fraction of sp³-hybridized carbons (Fsp3) is 0.333. The van der Waals surface area contributed by atoms with Crippen LogP contribution in [0.1, 0.15) is 19.8 Å². The Morgan fingerprint density at radius 1 is 0.800 bits per heavy atom. The van der Waals surface area contributed by atoms with Crippen molar-refractivity contribution >= 4 is 19.7 Å². The maximum atomic E-state index is 13.1. The van der Waals surface area contributed by atoms with Gasteiger partial charge in [-0.1, -0.05) is 49.7 Å². The van der Waals surface area contributed by atoms with Gasteiger partial charge in [0.1, 0.15) is 0 Å². The molecule has 0 aliphatic rings. The quantitative estimate of drug-likeness (QED) is 0.758. The van der Waals surface area contributed by atoms with Gasteiger partial charge in [-0.05, 0) is 36.6 Å². The van der Waals surface area contributed by atoms with Gasteiger partial charge in [0, 0.05) is 6.61 Å². The van der Waals surface area contributed by atoms with Crippen LogP contribution in [0.5, 0.6) is 0 Å². The molecule has 5 nitrogen and oxygen atoms in total. The highest BCUT2D eigenvalue weighted by Crippen LogP contribution is 2.30. The molecule has 25 heavy (non-hydrogen) atoms. The smallest absolute Gasteiger partial charge is 0.195 e. The van der Waals surface area contributed by atoms with Crippen LogP contribution in [0.15, 0.2) is 70.5 Å². The van der Waals surface area contributed by atoms with Crippen molar-refractivity contribution in [3.8, 4) is 0 Å². The molecule has 0 aromatic heterocycles. The summed E-state index contributed by atoms with van der Waals surface area (Å²) in [7, 11) is -8.24. The molecule has 2 aromatic carbocycles. The molecule has 2 rings (SSSR count). The van der Waals surface area contributed by atoms with E-state index in [1.807, 2.05) is 0 Å². The Morgan fingerprint density at radius 3 is 1.52 bits per heavy atom. The van der Waals surface area contributed by atoms with Gasteiger partial charge < -0.3 is 5.11 Å². The third kappa shape index (κ3) is 4.29. The molecule has 2 aromatic rings. The van der Waals surface area contributed by atoms with Crippen LogP contribution >= 0.6 is 0 Å². The molecule has 0 bridgehead atoms. The number of hydrogen-bond acceptors (Lipinski definition) is 5. The summed E-state index contributed by atoms with van der Waals surface area (Å²) < 4.78 is 50.6. The topological polar surface area (TPSA) is 88.5 Å². The molecule has 1 N–H and O–H groups in total. The number of aliphatic hydroxyl groups excluding tert-OH is 1. The summed E-state index contributed by atoms with van der Waals surface area (Å²) in [6.45, 7) is 1.53. The zero-order chi connectivity index (χ0) is 18.5. The van der Waals surface area contributed by atoms with Crippen molar-refractivity contribution in [1.29, 1.82) is 0 Å². The van der Waals surface area contributed by atoms with Crippen LogP contribution in [0.2, 0.25) is 0 Å². The minimum atomic E-state index is -4.12. The van der Waals surface area contributed by atoms with Gasteiger partial charge in [0.25, 0.3) is 0 Å². The Bertz CT molecular complexity index is 802. The summed E-state index contributed by atoms with van der Waals surface area (Å²) in [5.74, 6) is -0.415. The van der Waals surface area contributed by atoms with Gasteiger partial charge in [-0.25, -0.2) is 16.8 Å². The number of benzene rings is 2. The molecule has 0 radical (unpaired) electrons. The minimum Gasteiger partial charge on any atom is -0.396 e. The Balaban J connectivity index is 2.58. The largest absolute Gasteiger partial charge is 0.396 e. The van der Waals surface area contributed by atoms with E-state index in [2.05, 4.69) is 0 Å². The zero-order valence-electron chi connectivity index (χ0n) is 13.9. The number of sulfone groups is 2. The van der Waals surface area contributed by atoms with Crippen LogP contribution in [0, 0.1) is 5.92 Å². The molecule has 0 amide bonds. The van der Waals surface area contributed by atoms with Crippen LogP contribution in [0.4, 0.5) is 0 Å². The molecule has 1 atom stereocenters. The van der Waals surface area contributed by atoms with E-state index in [1.54, 1.807) is 43.3 Å². The average Bonchev–Trinajstić information content (AvgIpc) is 2.63. The van der Waals surface area contributed by atoms with Crippen LogP contribution in [-0.2, 0) is 19.7 Å². The van der Waals surface area contributed by atoms with Crippen molar-refractivity contribution in [3.05, 3.63) is 60.7 Å². The molecule has 0 spiro atoms. The fourth-order valence-corrected chi connectivity index (χ4v) is 7.32. The van der Waals surface area contributed by atoms with Crippen molar-refractivity contribution in [2.75, 3.05) is 6.61 Å². The molecule has 136 valence electrons. The van der Waals surface area contributed by atoms with Gasteiger partial charge in [0.2, 0.25) is 0 Å². The van der Waals surface area contributed by atoms with E-state index in [4.69, 9.17) is 0 Å². The lowest BCUT2D eigenvalue weighted by Gasteiger charge is -2.22. The van der Waals surface area contributed by atoms with Crippen molar-refractivity contribution in [1.82, 2.24) is 0 Å². The molecule has 0 aliphatic heterocycles. The first kappa shape index (κ1) is 19.6. The van der Waals surface area contributed by atoms with E-state index < -0.39 is 30.2 Å². The van der Waals surface area contributed by atoms with Crippen LogP contribution in [0.3, 0.4) is 0 Å². The SMILES string of the molecule is CC[C@H](CO)CC(S(=O)(=O)c1ccccc1)S(=O)(=O)c1ccccc1. The van der Waals surface area contributed by atoms with Crippen LogP contribution in [0.25, 0.3) is 0 Å². The number of aliphatic hydroxyl groups is 1. The van der Waals surface area contributed by atoms with Gasteiger partial charge in [-0.2, -0.15) is 0 Å². The third-order valence-corrected chi connectivity index (χ3v) is 9.34. The second kappa shape index (κ2) is 8.12. The first-order valence-electron chi connectivity index (χ1n) is 8.02. The highest BCUT2D eigenvalue weighted by Gasteiger charge is 2.40. The number of hydrogen-bond donors (Lipinski definition) is 1. The van der Waals surface area contributed by atoms with E-state index in [-0.39, 0.29) is 22.8 Å². The summed E-state index contributed by atoms with van der Waals surface area (Å²) in [5.41, 5.74) is 0. The van der Waals surface area contributed by atoms with Gasteiger partial charge in [0.05, 0.1) is 9.79 Å². The normalized spacial score (nSPS) is 13.7. The maximum absolute atomic E-state index is 13.1. The van der Waals surface area contributed by atoms with Gasteiger partial charge >= 0.3 is 0 Å². The van der Waals surface area contributed by atoms with E-state index in [1.165, 1.54) is 24.3 Å². The summed E-state index contributed by atoms with van der Waals surface area (Å²) in [4.78, 5) is -0.0698. The molecule has 0 fully saturated rings. The average molecular weight is 383 g/mol. The Morgan fingerprint density at radius 2 is 1.20 bits per heavy atom. The maximum Gasteiger partial charge on any atom is 0.195 e. The molecule has 0 saturated heterocycles. The first-order valence-corrected chi connectivity index (χ1v) is 11.1. The Kier molecular flexibility index (Phi) is 6.37. The molecule has 0 saturated carbocycles. The lowest BCUT2D eigenvalue weighted by molar-refractivity contribution is 0.217. The summed E-state index contributed by atoms with van der Waals surface area (Å²) in [6, 6.07) is 15.1. The van der Waals surface area contributed by atoms with Gasteiger partial charge in [-0.15, -0.1) is 0 Å². The lowest BCUT2D eigenvalue weighted by Crippen LogP contribution is -2.33. The number of rotatable bonds is 8. The summed E-state index contributed by atoms with van der Waals surface area (Å²) >= 11 is 0. The molecule has 0 heterocycles. The predicted molar refractivity (Wildman–Crippen MR) is 96.5 cm³/mol. The van der Waals surface area contributed by atoms with E-state index in [0.717, 1.165) is 0 Å². The highest BCUT2D eigenvalue weighted by molar-refractivity contribution is 8.09. The van der Waals surface area contributed by atoms with E-state index in [0.29, 0.717) is 6.42 Å². The molecular formula is C18H22O5S2. The monoisotopic (exact) mass is 382 g/mol. The van der Waals surface area contributed by atoms with Crippen LogP contribution in [-0.4, -0.2) is 33.1 Å². The van der Waals surface area contributed by atoms with Crippen molar-refractivity contribution in [2.45, 2.75) is 34.1 Å². The summed E-state index contributed by atoms with van der Waals surface area (Å²) in [6.07, 6.45) is 0.336. The third-order valence-electron chi connectivity index (χ3n) is 4.20. The summed E-state index contributed by atoms with van der Waals surface area (Å²) in [5, 5.41) is 9.46. The first-order chi connectivity index (χ1) is 11.8. The van der Waals surface area contributed by atoms with Gasteiger partial charge in [0.15, 0.2) is 24.3 Å². The minimum absolute atomic E-state index is 0.0349. The van der Waals surface area contributed by atoms with Crippen molar-refractivity contribution < 1.29 is 21.9 Å². The molecule has 7 heteroatoms. The van der Waals surface area contributed by atoms with Crippen molar-refractivity contribution in [2.24, 2.45) is 5.92 Å². The predicted octanol–water partition coefficient (Wildman–Crippen LogP) is 2.67. The van der Waals surface area contributed by atoms with E-state index >= 15 is 0 Å². The fourth-order valence-electron chi connectivity index (χ4n) is 2.59. The second-order valence-electron chi connectivity index (χ2n) is 5.84. The lowest BCUT2D eigenvalue weighted by atomic mass is 10.1. The van der Waals surface area contributed by atoms with E-state index in [9.17, 15) is 21.9 Å². The molecular weight excluding hydrogens is 360 g/mol. The zero-order valence-corrected chi connectivity index (χ0v) is 15.6. The second-order valence-corrected chi connectivity index (χ2v) is 10.4. The van der Waals surface area contributed by atoms with Crippen LogP contribution < -0.4 is 0 Å². The highest BCUT2D eigenvalue weighted by atomic mass is 32.3.